The van der Waals surface area contributed by atoms with E-state index in [-0.39, 0.29) is 17.5 Å². The number of halogens is 3. The van der Waals surface area contributed by atoms with Gasteiger partial charge in [0.1, 0.15) is 5.75 Å². The molecule has 8 heteroatoms. The molecule has 4 nitrogen and oxygen atoms in total. The number of rotatable bonds is 6. The van der Waals surface area contributed by atoms with Crippen molar-refractivity contribution < 1.29 is 22.6 Å². The van der Waals surface area contributed by atoms with Gasteiger partial charge in [0.25, 0.3) is 0 Å². The lowest BCUT2D eigenvalue weighted by molar-refractivity contribution is -0.0498. The van der Waals surface area contributed by atoms with Crippen LogP contribution >= 0.6 is 12.2 Å². The van der Waals surface area contributed by atoms with Gasteiger partial charge in [0.15, 0.2) is 16.7 Å². The van der Waals surface area contributed by atoms with E-state index in [4.69, 9.17) is 17.0 Å². The molecule has 0 unspecified atom stereocenters. The molecule has 2 aromatic rings. The average Bonchev–Trinajstić information content (AvgIpc) is 2.56. The summed E-state index contributed by atoms with van der Waals surface area (Å²) in [7, 11) is 1.40. The lowest BCUT2D eigenvalue weighted by Crippen LogP contribution is -2.30. The Morgan fingerprint density at radius 3 is 2.36 bits per heavy atom. The molecule has 0 saturated carbocycles. The smallest absolute Gasteiger partial charge is 0.387 e. The zero-order chi connectivity index (χ0) is 18.4. The summed E-state index contributed by atoms with van der Waals surface area (Å²) < 4.78 is 47.1. The number of hydrogen-bond donors (Lipinski definition) is 2. The Kier molecular flexibility index (Phi) is 6.46. The van der Waals surface area contributed by atoms with Crippen LogP contribution < -0.4 is 20.1 Å². The first-order valence-corrected chi connectivity index (χ1v) is 7.75. The Morgan fingerprint density at radius 2 is 1.80 bits per heavy atom. The van der Waals surface area contributed by atoms with Crippen molar-refractivity contribution in [2.75, 3.05) is 12.4 Å². The molecule has 0 amide bonds. The van der Waals surface area contributed by atoms with Crippen LogP contribution in [0, 0.1) is 5.82 Å². The summed E-state index contributed by atoms with van der Waals surface area (Å²) in [5.74, 6) is -0.230. The highest BCUT2D eigenvalue weighted by Crippen LogP contribution is 2.22. The average molecular weight is 370 g/mol. The quantitative estimate of drug-likeness (QED) is 0.734. The standard InChI is InChI=1S/C17H17F3N2O2S/c1-10(11-3-8-15(23-2)14(18)9-11)21-17(25)22-12-4-6-13(7-5-12)24-16(19)20/h3-10,16H,1-2H3,(H2,21,22,25)/t10-/m0/s1. The first-order chi connectivity index (χ1) is 11.9. The number of thiocarbonyl (C=S) groups is 1. The number of hydrogen-bond acceptors (Lipinski definition) is 3. The summed E-state index contributed by atoms with van der Waals surface area (Å²) >= 11 is 5.20. The van der Waals surface area contributed by atoms with E-state index in [1.807, 2.05) is 6.92 Å². The number of anilines is 1. The van der Waals surface area contributed by atoms with E-state index in [0.717, 1.165) is 0 Å². The van der Waals surface area contributed by atoms with Gasteiger partial charge in [-0.05, 0) is 61.1 Å². The highest BCUT2D eigenvalue weighted by atomic mass is 32.1. The predicted molar refractivity (Wildman–Crippen MR) is 93.8 cm³/mol. The lowest BCUT2D eigenvalue weighted by Gasteiger charge is -2.18. The third kappa shape index (κ3) is 5.53. The van der Waals surface area contributed by atoms with Crippen LogP contribution in [-0.2, 0) is 0 Å². The predicted octanol–water partition coefficient (Wildman–Crippen LogP) is 4.48. The molecule has 0 heterocycles. The van der Waals surface area contributed by atoms with Gasteiger partial charge in [-0.2, -0.15) is 8.78 Å². The zero-order valence-corrected chi connectivity index (χ0v) is 14.4. The molecule has 0 spiro atoms. The van der Waals surface area contributed by atoms with E-state index in [1.54, 1.807) is 24.3 Å². The topological polar surface area (TPSA) is 42.5 Å². The summed E-state index contributed by atoms with van der Waals surface area (Å²) in [6.45, 7) is -1.04. The first kappa shape index (κ1) is 18.9. The molecule has 0 saturated heterocycles. The Hall–Kier alpha value is -2.48. The van der Waals surface area contributed by atoms with E-state index in [1.165, 1.54) is 25.3 Å². The molecule has 0 aliphatic rings. The van der Waals surface area contributed by atoms with Gasteiger partial charge >= 0.3 is 6.61 Å². The molecule has 2 N–H and O–H groups in total. The third-order valence-electron chi connectivity index (χ3n) is 3.36. The normalized spacial score (nSPS) is 11.8. The molecule has 0 bridgehead atoms. The fraction of sp³-hybridized carbons (Fsp3) is 0.235. The number of methoxy groups -OCH3 is 1. The summed E-state index contributed by atoms with van der Waals surface area (Å²) in [6.07, 6.45) is 0. The van der Waals surface area contributed by atoms with E-state index < -0.39 is 12.4 Å². The van der Waals surface area contributed by atoms with Gasteiger partial charge in [-0.3, -0.25) is 0 Å². The first-order valence-electron chi connectivity index (χ1n) is 7.35. The number of benzene rings is 2. The second kappa shape index (κ2) is 8.57. The monoisotopic (exact) mass is 370 g/mol. The Balaban J connectivity index is 1.94. The van der Waals surface area contributed by atoms with Crippen molar-refractivity contribution in [3.05, 3.63) is 53.8 Å². The van der Waals surface area contributed by atoms with Crippen molar-refractivity contribution in [2.24, 2.45) is 0 Å². The molecule has 2 aromatic carbocycles. The lowest BCUT2D eigenvalue weighted by atomic mass is 10.1. The van der Waals surface area contributed by atoms with E-state index in [9.17, 15) is 13.2 Å². The fourth-order valence-electron chi connectivity index (χ4n) is 2.12. The largest absolute Gasteiger partial charge is 0.494 e. The van der Waals surface area contributed by atoms with Crippen LogP contribution in [-0.4, -0.2) is 18.8 Å². The molecule has 0 aliphatic carbocycles. The van der Waals surface area contributed by atoms with E-state index in [0.29, 0.717) is 16.4 Å². The minimum absolute atomic E-state index is 0.0569. The molecule has 2 rings (SSSR count). The number of alkyl halides is 2. The summed E-state index contributed by atoms with van der Waals surface area (Å²) in [6, 6.07) is 10.3. The second-order valence-electron chi connectivity index (χ2n) is 5.12. The maximum atomic E-state index is 13.8. The highest BCUT2D eigenvalue weighted by molar-refractivity contribution is 7.80. The third-order valence-corrected chi connectivity index (χ3v) is 3.58. The van der Waals surface area contributed by atoms with Gasteiger partial charge in [0.2, 0.25) is 0 Å². The van der Waals surface area contributed by atoms with Crippen LogP contribution in [0.4, 0.5) is 18.9 Å². The minimum Gasteiger partial charge on any atom is -0.494 e. The van der Waals surface area contributed by atoms with Gasteiger partial charge in [-0.15, -0.1) is 0 Å². The van der Waals surface area contributed by atoms with Crippen LogP contribution in [0.3, 0.4) is 0 Å². The summed E-state index contributed by atoms with van der Waals surface area (Å²) in [5, 5.41) is 6.25. The molecule has 134 valence electrons. The molecular formula is C17H17F3N2O2S. The fourth-order valence-corrected chi connectivity index (χ4v) is 2.41. The van der Waals surface area contributed by atoms with Gasteiger partial charge < -0.3 is 20.1 Å². The van der Waals surface area contributed by atoms with Crippen LogP contribution in [0.2, 0.25) is 0 Å². The van der Waals surface area contributed by atoms with Crippen LogP contribution in [0.1, 0.15) is 18.5 Å². The van der Waals surface area contributed by atoms with Gasteiger partial charge in [0, 0.05) is 5.69 Å². The highest BCUT2D eigenvalue weighted by Gasteiger charge is 2.11. The van der Waals surface area contributed by atoms with Crippen LogP contribution in [0.15, 0.2) is 42.5 Å². The van der Waals surface area contributed by atoms with Crippen molar-refractivity contribution in [2.45, 2.75) is 19.6 Å². The molecule has 0 aliphatic heterocycles. The van der Waals surface area contributed by atoms with Gasteiger partial charge in [-0.25, -0.2) is 4.39 Å². The zero-order valence-electron chi connectivity index (χ0n) is 13.6. The summed E-state index contributed by atoms with van der Waals surface area (Å²) in [4.78, 5) is 0. The van der Waals surface area contributed by atoms with Gasteiger partial charge in [-0.1, -0.05) is 6.07 Å². The Bertz CT molecular complexity index is 726. The molecule has 1 atom stereocenters. The molecule has 0 radical (unpaired) electrons. The molecular weight excluding hydrogens is 353 g/mol. The maximum absolute atomic E-state index is 13.8. The number of ether oxygens (including phenoxy) is 2. The molecule has 0 fully saturated rings. The SMILES string of the molecule is COc1ccc([C@H](C)NC(=S)Nc2ccc(OC(F)F)cc2)cc1F. The van der Waals surface area contributed by atoms with Crippen molar-refractivity contribution in [1.29, 1.82) is 0 Å². The van der Waals surface area contributed by atoms with Crippen LogP contribution in [0.5, 0.6) is 11.5 Å². The van der Waals surface area contributed by atoms with Crippen molar-refractivity contribution in [3.63, 3.8) is 0 Å². The van der Waals surface area contributed by atoms with E-state index >= 15 is 0 Å². The van der Waals surface area contributed by atoms with Gasteiger partial charge in [0.05, 0.1) is 13.2 Å². The Labute approximate surface area is 148 Å². The van der Waals surface area contributed by atoms with Crippen molar-refractivity contribution >= 4 is 23.0 Å². The molecule has 0 aromatic heterocycles. The number of nitrogens with one attached hydrogen (secondary N) is 2. The summed E-state index contributed by atoms with van der Waals surface area (Å²) in [5.41, 5.74) is 1.30. The Morgan fingerprint density at radius 1 is 1.12 bits per heavy atom. The van der Waals surface area contributed by atoms with Crippen LogP contribution in [0.25, 0.3) is 0 Å². The van der Waals surface area contributed by atoms with E-state index in [2.05, 4.69) is 15.4 Å². The molecule has 25 heavy (non-hydrogen) atoms. The maximum Gasteiger partial charge on any atom is 0.387 e. The van der Waals surface area contributed by atoms with Crippen molar-refractivity contribution in [3.8, 4) is 11.5 Å². The minimum atomic E-state index is -2.87. The second-order valence-corrected chi connectivity index (χ2v) is 5.53. The van der Waals surface area contributed by atoms with Crippen molar-refractivity contribution in [1.82, 2.24) is 5.32 Å².